The Hall–Kier alpha value is -3.32. The Balaban J connectivity index is 1.81. The first-order valence-electron chi connectivity index (χ1n) is 7.86. The van der Waals surface area contributed by atoms with Crippen LogP contribution in [0.2, 0.25) is 0 Å². The van der Waals surface area contributed by atoms with Crippen molar-refractivity contribution < 1.29 is 9.53 Å². The van der Waals surface area contributed by atoms with Crippen LogP contribution in [0.3, 0.4) is 0 Å². The van der Waals surface area contributed by atoms with Gasteiger partial charge in [-0.3, -0.25) is 9.59 Å². The molecular formula is C19H13N3O3S. The van der Waals surface area contributed by atoms with Crippen LogP contribution in [0.5, 0.6) is 5.75 Å². The molecule has 0 amide bonds. The number of hydrogen-bond donors (Lipinski definition) is 0. The van der Waals surface area contributed by atoms with Gasteiger partial charge >= 0.3 is 5.97 Å². The van der Waals surface area contributed by atoms with Crippen LogP contribution in [0.4, 0.5) is 0 Å². The molecule has 0 aliphatic carbocycles. The summed E-state index contributed by atoms with van der Waals surface area (Å²) in [5.41, 5.74) is 1.25. The average molecular weight is 363 g/mol. The molecule has 2 heterocycles. The van der Waals surface area contributed by atoms with E-state index in [1.54, 1.807) is 24.3 Å². The van der Waals surface area contributed by atoms with Crippen LogP contribution in [-0.2, 0) is 4.79 Å². The Morgan fingerprint density at radius 2 is 1.85 bits per heavy atom. The highest BCUT2D eigenvalue weighted by molar-refractivity contribution is 7.15. The smallest absolute Gasteiger partial charge is 0.308 e. The number of nitrogens with zero attached hydrogens (tertiary/aromatic N) is 3. The first-order chi connectivity index (χ1) is 12.6. The minimum atomic E-state index is -0.414. The Labute approximate surface area is 152 Å². The highest BCUT2D eigenvalue weighted by Gasteiger charge is 2.12. The summed E-state index contributed by atoms with van der Waals surface area (Å²) in [4.78, 5) is 28.8. The van der Waals surface area contributed by atoms with Gasteiger partial charge in [-0.1, -0.05) is 59.9 Å². The highest BCUT2D eigenvalue weighted by atomic mass is 32.1. The van der Waals surface area contributed by atoms with E-state index in [1.807, 2.05) is 36.4 Å². The average Bonchev–Trinajstić information content (AvgIpc) is 3.17. The topological polar surface area (TPSA) is 73.6 Å². The van der Waals surface area contributed by atoms with Gasteiger partial charge in [0.2, 0.25) is 4.96 Å². The lowest BCUT2D eigenvalue weighted by Crippen LogP contribution is -2.23. The van der Waals surface area contributed by atoms with Crippen LogP contribution in [0, 0.1) is 0 Å². The van der Waals surface area contributed by atoms with Crippen LogP contribution < -0.4 is 14.8 Å². The molecule has 0 N–H and O–H groups in total. The molecule has 4 rings (SSSR count). The third kappa shape index (κ3) is 3.00. The van der Waals surface area contributed by atoms with E-state index in [4.69, 9.17) is 4.74 Å². The summed E-state index contributed by atoms with van der Waals surface area (Å²) >= 11 is 1.24. The molecule has 7 heteroatoms. The number of esters is 1. The molecular weight excluding hydrogens is 350 g/mol. The van der Waals surface area contributed by atoms with Gasteiger partial charge in [0.1, 0.15) is 5.75 Å². The number of aromatic nitrogens is 3. The quantitative estimate of drug-likeness (QED) is 0.412. The predicted molar refractivity (Wildman–Crippen MR) is 99.1 cm³/mol. The molecule has 0 saturated carbocycles. The van der Waals surface area contributed by atoms with Crippen LogP contribution in [0.25, 0.3) is 22.4 Å². The van der Waals surface area contributed by atoms with Crippen molar-refractivity contribution in [2.24, 2.45) is 0 Å². The van der Waals surface area contributed by atoms with E-state index in [1.165, 1.54) is 22.8 Å². The molecule has 0 atom stereocenters. The van der Waals surface area contributed by atoms with Crippen molar-refractivity contribution >= 4 is 28.3 Å². The largest absolute Gasteiger partial charge is 0.426 e. The van der Waals surface area contributed by atoms with Crippen molar-refractivity contribution in [3.63, 3.8) is 0 Å². The van der Waals surface area contributed by atoms with Gasteiger partial charge in [-0.2, -0.15) is 9.50 Å². The Kier molecular flexibility index (Phi) is 4.06. The molecule has 0 saturated heterocycles. The Bertz CT molecular complexity index is 1210. The zero-order valence-corrected chi connectivity index (χ0v) is 14.6. The SMILES string of the molecule is CC(=O)Oc1ccccc1/C=c1\sc2nc(-c3ccccc3)nn2c1=O. The van der Waals surface area contributed by atoms with Crippen LogP contribution in [-0.4, -0.2) is 20.6 Å². The van der Waals surface area contributed by atoms with E-state index in [2.05, 4.69) is 10.1 Å². The van der Waals surface area contributed by atoms with E-state index in [0.29, 0.717) is 26.6 Å². The molecule has 26 heavy (non-hydrogen) atoms. The van der Waals surface area contributed by atoms with Crippen LogP contribution >= 0.6 is 11.3 Å². The van der Waals surface area contributed by atoms with Gasteiger partial charge in [-0.05, 0) is 12.1 Å². The van der Waals surface area contributed by atoms with Gasteiger partial charge in [0.25, 0.3) is 5.56 Å². The fourth-order valence-electron chi connectivity index (χ4n) is 2.53. The van der Waals surface area contributed by atoms with Gasteiger partial charge in [-0.25, -0.2) is 0 Å². The number of carbonyl (C=O) groups is 1. The van der Waals surface area contributed by atoms with E-state index >= 15 is 0 Å². The fraction of sp³-hybridized carbons (Fsp3) is 0.0526. The maximum Gasteiger partial charge on any atom is 0.308 e. The standard InChI is InChI=1S/C19H13N3O3S/c1-12(23)25-15-10-6-5-9-14(15)11-16-18(24)22-19(26-16)20-17(21-22)13-7-3-2-4-8-13/h2-11H,1H3/b16-11-. The fourth-order valence-corrected chi connectivity index (χ4v) is 3.43. The van der Waals surface area contributed by atoms with Gasteiger partial charge in [-0.15, -0.1) is 5.10 Å². The van der Waals surface area contributed by atoms with Crippen molar-refractivity contribution in [1.82, 2.24) is 14.6 Å². The highest BCUT2D eigenvalue weighted by Crippen LogP contribution is 2.19. The van der Waals surface area contributed by atoms with E-state index < -0.39 is 5.97 Å². The maximum absolute atomic E-state index is 12.6. The zero-order chi connectivity index (χ0) is 18.1. The van der Waals surface area contributed by atoms with Crippen molar-refractivity contribution in [3.05, 3.63) is 75.0 Å². The van der Waals surface area contributed by atoms with Gasteiger partial charge < -0.3 is 4.74 Å². The summed E-state index contributed by atoms with van der Waals surface area (Å²) in [6.07, 6.45) is 1.68. The van der Waals surface area contributed by atoms with Crippen molar-refractivity contribution in [1.29, 1.82) is 0 Å². The normalized spacial score (nSPS) is 11.8. The molecule has 0 spiro atoms. The predicted octanol–water partition coefficient (Wildman–Crippen LogP) is 2.29. The number of hydrogen-bond acceptors (Lipinski definition) is 6. The number of carbonyl (C=O) groups excluding carboxylic acids is 1. The molecule has 0 bridgehead atoms. The Morgan fingerprint density at radius 3 is 2.58 bits per heavy atom. The van der Waals surface area contributed by atoms with E-state index in [0.717, 1.165) is 5.56 Å². The summed E-state index contributed by atoms with van der Waals surface area (Å²) in [6, 6.07) is 16.5. The summed E-state index contributed by atoms with van der Waals surface area (Å²) in [5.74, 6) is 0.507. The van der Waals surface area contributed by atoms with Gasteiger partial charge in [0.15, 0.2) is 5.82 Å². The molecule has 2 aromatic heterocycles. The summed E-state index contributed by atoms with van der Waals surface area (Å²) in [6.45, 7) is 1.34. The molecule has 0 radical (unpaired) electrons. The van der Waals surface area contributed by atoms with Crippen molar-refractivity contribution in [2.75, 3.05) is 0 Å². The first-order valence-corrected chi connectivity index (χ1v) is 8.67. The lowest BCUT2D eigenvalue weighted by Gasteiger charge is -2.03. The second-order valence-electron chi connectivity index (χ2n) is 5.54. The minimum absolute atomic E-state index is 0.252. The monoisotopic (exact) mass is 363 g/mol. The molecule has 2 aromatic carbocycles. The number of benzene rings is 2. The summed E-state index contributed by atoms with van der Waals surface area (Å²) in [7, 11) is 0. The molecule has 0 aliphatic heterocycles. The molecule has 0 aliphatic rings. The lowest BCUT2D eigenvalue weighted by atomic mass is 10.2. The molecule has 4 aromatic rings. The third-order valence-electron chi connectivity index (χ3n) is 3.67. The minimum Gasteiger partial charge on any atom is -0.426 e. The first kappa shape index (κ1) is 16.2. The maximum atomic E-state index is 12.6. The van der Waals surface area contributed by atoms with Gasteiger partial charge in [0, 0.05) is 18.1 Å². The third-order valence-corrected chi connectivity index (χ3v) is 4.63. The summed E-state index contributed by atoms with van der Waals surface area (Å²) in [5, 5.41) is 4.31. The Morgan fingerprint density at radius 1 is 1.12 bits per heavy atom. The van der Waals surface area contributed by atoms with Crippen LogP contribution in [0.15, 0.2) is 59.4 Å². The lowest BCUT2D eigenvalue weighted by molar-refractivity contribution is -0.131. The molecule has 128 valence electrons. The molecule has 6 nitrogen and oxygen atoms in total. The molecule has 0 fully saturated rings. The van der Waals surface area contributed by atoms with E-state index in [-0.39, 0.29) is 5.56 Å². The number of thiazole rings is 1. The molecule has 0 unspecified atom stereocenters. The van der Waals surface area contributed by atoms with Crippen molar-refractivity contribution in [2.45, 2.75) is 6.92 Å². The van der Waals surface area contributed by atoms with Gasteiger partial charge in [0.05, 0.1) is 4.53 Å². The number of rotatable bonds is 3. The van der Waals surface area contributed by atoms with E-state index in [9.17, 15) is 9.59 Å². The number of ether oxygens (including phenoxy) is 1. The number of para-hydroxylation sites is 1. The second-order valence-corrected chi connectivity index (χ2v) is 6.55. The zero-order valence-electron chi connectivity index (χ0n) is 13.7. The van der Waals surface area contributed by atoms with Crippen LogP contribution in [0.1, 0.15) is 12.5 Å². The summed E-state index contributed by atoms with van der Waals surface area (Å²) < 4.78 is 6.95. The van der Waals surface area contributed by atoms with Crippen molar-refractivity contribution in [3.8, 4) is 17.1 Å². The second kappa shape index (κ2) is 6.53. The number of fused-ring (bicyclic) bond motifs is 1.